The summed E-state index contributed by atoms with van der Waals surface area (Å²) in [6.07, 6.45) is 3.10. The molecule has 4 heteroatoms. The predicted octanol–water partition coefficient (Wildman–Crippen LogP) is 3.08. The maximum Gasteiger partial charge on any atom is 0.194 e. The summed E-state index contributed by atoms with van der Waals surface area (Å²) in [7, 11) is 1.55. The zero-order valence-electron chi connectivity index (χ0n) is 9.18. The number of carbonyl (C=O) groups is 1. The molecule has 0 bridgehead atoms. The number of ether oxygens (including phenoxy) is 1. The van der Waals surface area contributed by atoms with Gasteiger partial charge in [-0.2, -0.15) is 0 Å². The largest absolute Gasteiger partial charge is 0.495 e. The second kappa shape index (κ2) is 5.10. The van der Waals surface area contributed by atoms with Crippen molar-refractivity contribution in [2.24, 2.45) is 0 Å². The minimum atomic E-state index is -0.0716. The van der Waals surface area contributed by atoms with Crippen molar-refractivity contribution in [2.75, 3.05) is 7.11 Å². The van der Waals surface area contributed by atoms with Gasteiger partial charge in [0, 0.05) is 21.8 Å². The molecule has 0 aliphatic carbocycles. The van der Waals surface area contributed by atoms with Crippen LogP contribution in [0, 0.1) is 0 Å². The van der Waals surface area contributed by atoms with Gasteiger partial charge in [0.1, 0.15) is 5.75 Å². The van der Waals surface area contributed by atoms with Crippen LogP contribution in [0.4, 0.5) is 0 Å². The van der Waals surface area contributed by atoms with E-state index in [-0.39, 0.29) is 5.78 Å². The van der Waals surface area contributed by atoms with Gasteiger partial charge in [-0.25, -0.2) is 0 Å². The van der Waals surface area contributed by atoms with Crippen molar-refractivity contribution in [2.45, 2.75) is 0 Å². The fourth-order valence-electron chi connectivity index (χ4n) is 1.45. The highest BCUT2D eigenvalue weighted by Crippen LogP contribution is 2.17. The zero-order chi connectivity index (χ0) is 12.3. The van der Waals surface area contributed by atoms with Crippen LogP contribution < -0.4 is 4.74 Å². The monoisotopic (exact) mass is 291 g/mol. The maximum atomic E-state index is 12.2. The lowest BCUT2D eigenvalue weighted by atomic mass is 10.1. The van der Waals surface area contributed by atoms with E-state index in [1.54, 1.807) is 31.5 Å². The van der Waals surface area contributed by atoms with Crippen LogP contribution in [0.5, 0.6) is 5.75 Å². The molecule has 0 spiro atoms. The van der Waals surface area contributed by atoms with Crippen molar-refractivity contribution in [1.29, 1.82) is 0 Å². The van der Waals surface area contributed by atoms with Crippen molar-refractivity contribution in [3.63, 3.8) is 0 Å². The first-order valence-electron chi connectivity index (χ1n) is 5.00. The zero-order valence-corrected chi connectivity index (χ0v) is 10.8. The number of carbonyl (C=O) groups excluding carboxylic acids is 1. The predicted molar refractivity (Wildman–Crippen MR) is 68.4 cm³/mol. The Kier molecular flexibility index (Phi) is 3.54. The molecule has 0 radical (unpaired) electrons. The second-order valence-corrected chi connectivity index (χ2v) is 4.37. The van der Waals surface area contributed by atoms with Gasteiger partial charge in [-0.15, -0.1) is 0 Å². The smallest absolute Gasteiger partial charge is 0.194 e. The molecule has 0 saturated carbocycles. The second-order valence-electron chi connectivity index (χ2n) is 3.45. The number of nitrogens with zero attached hydrogens (tertiary/aromatic N) is 1. The van der Waals surface area contributed by atoms with Gasteiger partial charge in [0.15, 0.2) is 5.78 Å². The number of aromatic nitrogens is 1. The molecule has 17 heavy (non-hydrogen) atoms. The van der Waals surface area contributed by atoms with Crippen LogP contribution in [0.25, 0.3) is 0 Å². The van der Waals surface area contributed by atoms with Crippen LogP contribution in [-0.4, -0.2) is 17.9 Å². The summed E-state index contributed by atoms with van der Waals surface area (Å²) in [6, 6.07) is 8.93. The number of benzene rings is 1. The van der Waals surface area contributed by atoms with Gasteiger partial charge >= 0.3 is 0 Å². The van der Waals surface area contributed by atoms with Gasteiger partial charge in [0.25, 0.3) is 0 Å². The first-order chi connectivity index (χ1) is 8.20. The number of ketones is 1. The number of methoxy groups -OCH3 is 1. The summed E-state index contributed by atoms with van der Waals surface area (Å²) in [4.78, 5) is 16.1. The molecular weight excluding hydrogens is 282 g/mol. The molecule has 0 fully saturated rings. The summed E-state index contributed by atoms with van der Waals surface area (Å²) in [5.74, 6) is 0.503. The Bertz CT molecular complexity index is 555. The van der Waals surface area contributed by atoms with Crippen LogP contribution in [0.1, 0.15) is 15.9 Å². The quantitative estimate of drug-likeness (QED) is 0.816. The maximum absolute atomic E-state index is 12.2. The van der Waals surface area contributed by atoms with E-state index in [0.29, 0.717) is 16.9 Å². The number of halogens is 1. The van der Waals surface area contributed by atoms with E-state index in [1.807, 2.05) is 12.1 Å². The third-order valence-electron chi connectivity index (χ3n) is 2.30. The number of hydrogen-bond acceptors (Lipinski definition) is 3. The van der Waals surface area contributed by atoms with E-state index in [2.05, 4.69) is 20.9 Å². The van der Waals surface area contributed by atoms with E-state index >= 15 is 0 Å². The Labute approximate surface area is 108 Å². The van der Waals surface area contributed by atoms with Gasteiger partial charge in [0.05, 0.1) is 13.3 Å². The summed E-state index contributed by atoms with van der Waals surface area (Å²) in [5.41, 5.74) is 1.14. The molecule has 0 amide bonds. The van der Waals surface area contributed by atoms with E-state index < -0.39 is 0 Å². The average molecular weight is 292 g/mol. The minimum absolute atomic E-state index is 0.0716. The summed E-state index contributed by atoms with van der Waals surface area (Å²) in [5, 5.41) is 0. The topological polar surface area (TPSA) is 39.2 Å². The molecule has 2 rings (SSSR count). The Morgan fingerprint density at radius 3 is 2.76 bits per heavy atom. The van der Waals surface area contributed by atoms with Crippen molar-refractivity contribution in [3.8, 4) is 5.75 Å². The van der Waals surface area contributed by atoms with Crippen LogP contribution in [0.2, 0.25) is 0 Å². The van der Waals surface area contributed by atoms with Gasteiger partial charge in [0.2, 0.25) is 0 Å². The molecule has 3 nitrogen and oxygen atoms in total. The highest BCUT2D eigenvalue weighted by molar-refractivity contribution is 9.10. The van der Waals surface area contributed by atoms with E-state index in [4.69, 9.17) is 4.74 Å². The summed E-state index contributed by atoms with van der Waals surface area (Å²) >= 11 is 3.34. The van der Waals surface area contributed by atoms with E-state index in [0.717, 1.165) is 4.47 Å². The fraction of sp³-hybridized carbons (Fsp3) is 0.0769. The molecule has 0 unspecified atom stereocenters. The van der Waals surface area contributed by atoms with Crippen LogP contribution >= 0.6 is 15.9 Å². The standard InChI is InChI=1S/C13H10BrNO2/c1-17-12-6-10(7-15-8-12)13(16)9-3-2-4-11(14)5-9/h2-8H,1H3. The first kappa shape index (κ1) is 11.8. The minimum Gasteiger partial charge on any atom is -0.495 e. The number of hydrogen-bond donors (Lipinski definition) is 0. The van der Waals surface area contributed by atoms with Crippen molar-refractivity contribution in [1.82, 2.24) is 4.98 Å². The SMILES string of the molecule is COc1cncc(C(=O)c2cccc(Br)c2)c1. The molecule has 0 saturated heterocycles. The Morgan fingerprint density at radius 2 is 2.06 bits per heavy atom. The van der Waals surface area contributed by atoms with Crippen LogP contribution in [0.15, 0.2) is 47.2 Å². The number of pyridine rings is 1. The van der Waals surface area contributed by atoms with Crippen molar-refractivity contribution < 1.29 is 9.53 Å². The van der Waals surface area contributed by atoms with Gasteiger partial charge < -0.3 is 4.74 Å². The Balaban J connectivity index is 2.36. The molecule has 0 aliphatic rings. The average Bonchev–Trinajstić information content (AvgIpc) is 2.38. The lowest BCUT2D eigenvalue weighted by molar-refractivity contribution is 0.103. The van der Waals surface area contributed by atoms with Crippen LogP contribution in [-0.2, 0) is 0 Å². The Hall–Kier alpha value is -1.68. The molecule has 1 heterocycles. The third kappa shape index (κ3) is 2.71. The molecular formula is C13H10BrNO2. The normalized spacial score (nSPS) is 10.0. The van der Waals surface area contributed by atoms with Crippen molar-refractivity contribution >= 4 is 21.7 Å². The van der Waals surface area contributed by atoms with Crippen molar-refractivity contribution in [3.05, 3.63) is 58.3 Å². The van der Waals surface area contributed by atoms with Gasteiger partial charge in [-0.3, -0.25) is 9.78 Å². The van der Waals surface area contributed by atoms with Gasteiger partial charge in [-0.1, -0.05) is 28.1 Å². The van der Waals surface area contributed by atoms with Gasteiger partial charge in [-0.05, 0) is 18.2 Å². The van der Waals surface area contributed by atoms with Crippen LogP contribution in [0.3, 0.4) is 0 Å². The molecule has 0 N–H and O–H groups in total. The highest BCUT2D eigenvalue weighted by Gasteiger charge is 2.10. The molecule has 86 valence electrons. The third-order valence-corrected chi connectivity index (χ3v) is 2.79. The molecule has 2 aromatic rings. The molecule has 1 aromatic carbocycles. The first-order valence-corrected chi connectivity index (χ1v) is 5.79. The number of rotatable bonds is 3. The molecule has 0 atom stereocenters. The summed E-state index contributed by atoms with van der Waals surface area (Å²) in [6.45, 7) is 0. The molecule has 0 aliphatic heterocycles. The lowest BCUT2D eigenvalue weighted by Crippen LogP contribution is -2.02. The van der Waals surface area contributed by atoms with E-state index in [9.17, 15) is 4.79 Å². The molecule has 1 aromatic heterocycles. The highest BCUT2D eigenvalue weighted by atomic mass is 79.9. The summed E-state index contributed by atoms with van der Waals surface area (Å²) < 4.78 is 5.91. The van der Waals surface area contributed by atoms with E-state index in [1.165, 1.54) is 6.20 Å². The fourth-order valence-corrected chi connectivity index (χ4v) is 1.85. The Morgan fingerprint density at radius 1 is 1.24 bits per heavy atom. The lowest BCUT2D eigenvalue weighted by Gasteiger charge is -2.03.